The van der Waals surface area contributed by atoms with E-state index >= 15 is 0 Å². The van der Waals surface area contributed by atoms with Crippen LogP contribution < -0.4 is 0 Å². The van der Waals surface area contributed by atoms with Crippen LogP contribution in [0.4, 0.5) is 4.39 Å². The number of benzene rings is 2. The van der Waals surface area contributed by atoms with Crippen LogP contribution in [0.5, 0.6) is 0 Å². The second-order valence-corrected chi connectivity index (χ2v) is 5.15. The van der Waals surface area contributed by atoms with Gasteiger partial charge in [-0.15, -0.1) is 0 Å². The van der Waals surface area contributed by atoms with E-state index in [1.807, 2.05) is 45.0 Å². The summed E-state index contributed by atoms with van der Waals surface area (Å²) < 4.78 is 13.4. The van der Waals surface area contributed by atoms with Gasteiger partial charge in [0.25, 0.3) is 0 Å². The zero-order valence-electron chi connectivity index (χ0n) is 11.6. The Balaban J connectivity index is 2.28. The number of rotatable bonds is 3. The van der Waals surface area contributed by atoms with E-state index in [2.05, 4.69) is 0 Å². The lowest BCUT2D eigenvalue weighted by atomic mass is 9.94. The normalized spacial score (nSPS) is 12.5. The lowest BCUT2D eigenvalue weighted by Gasteiger charge is -2.15. The molecule has 0 spiro atoms. The third kappa shape index (κ3) is 3.21. The molecule has 2 aromatic rings. The fourth-order valence-electron chi connectivity index (χ4n) is 2.44. The van der Waals surface area contributed by atoms with Crippen LogP contribution in [-0.4, -0.2) is 5.11 Å². The predicted octanol–water partition coefficient (Wildman–Crippen LogP) is 4.03. The van der Waals surface area contributed by atoms with Gasteiger partial charge in [0, 0.05) is 6.42 Å². The lowest BCUT2D eigenvalue weighted by molar-refractivity contribution is 0.177. The molecule has 0 fully saturated rings. The summed E-state index contributed by atoms with van der Waals surface area (Å²) in [6, 6.07) is 10.8. The van der Waals surface area contributed by atoms with Crippen molar-refractivity contribution >= 4 is 0 Å². The van der Waals surface area contributed by atoms with Gasteiger partial charge in [-0.25, -0.2) is 4.39 Å². The van der Waals surface area contributed by atoms with E-state index in [9.17, 15) is 9.50 Å². The molecule has 0 aliphatic heterocycles. The molecule has 0 saturated carbocycles. The largest absolute Gasteiger partial charge is 0.388 e. The zero-order valence-corrected chi connectivity index (χ0v) is 11.6. The van der Waals surface area contributed by atoms with Gasteiger partial charge in [0.05, 0.1) is 6.10 Å². The van der Waals surface area contributed by atoms with Gasteiger partial charge in [-0.05, 0) is 60.7 Å². The Hall–Kier alpha value is -1.67. The Kier molecular flexibility index (Phi) is 4.01. The molecule has 0 aliphatic carbocycles. The monoisotopic (exact) mass is 258 g/mol. The van der Waals surface area contributed by atoms with E-state index < -0.39 is 6.10 Å². The van der Waals surface area contributed by atoms with Gasteiger partial charge >= 0.3 is 0 Å². The third-order valence-electron chi connectivity index (χ3n) is 3.49. The second-order valence-electron chi connectivity index (χ2n) is 5.15. The molecule has 0 amide bonds. The molecule has 0 aromatic heterocycles. The van der Waals surface area contributed by atoms with Crippen molar-refractivity contribution in [2.45, 2.75) is 33.3 Å². The molecule has 2 aromatic carbocycles. The van der Waals surface area contributed by atoms with Crippen LogP contribution in [0.3, 0.4) is 0 Å². The molecule has 19 heavy (non-hydrogen) atoms. The van der Waals surface area contributed by atoms with E-state index in [0.29, 0.717) is 12.0 Å². The quantitative estimate of drug-likeness (QED) is 0.881. The first-order chi connectivity index (χ1) is 8.97. The topological polar surface area (TPSA) is 20.2 Å². The molecule has 1 atom stereocenters. The average molecular weight is 258 g/mol. The average Bonchev–Trinajstić information content (AvgIpc) is 2.32. The SMILES string of the molecule is Cc1cc(F)cc(C(O)Cc2c(C)cccc2C)c1. The molecular weight excluding hydrogens is 239 g/mol. The van der Waals surface area contributed by atoms with E-state index in [4.69, 9.17) is 0 Å². The molecule has 0 radical (unpaired) electrons. The Morgan fingerprint density at radius 2 is 1.68 bits per heavy atom. The van der Waals surface area contributed by atoms with Crippen LogP contribution in [0, 0.1) is 26.6 Å². The number of halogens is 1. The molecule has 0 saturated heterocycles. The maximum absolute atomic E-state index is 13.4. The summed E-state index contributed by atoms with van der Waals surface area (Å²) in [6.07, 6.45) is -0.157. The molecule has 1 unspecified atom stereocenters. The van der Waals surface area contributed by atoms with Crippen molar-refractivity contribution in [1.82, 2.24) is 0 Å². The van der Waals surface area contributed by atoms with Gasteiger partial charge in [-0.2, -0.15) is 0 Å². The first kappa shape index (κ1) is 13.8. The van der Waals surface area contributed by atoms with Gasteiger partial charge in [0.1, 0.15) is 5.82 Å². The van der Waals surface area contributed by atoms with Gasteiger partial charge in [-0.1, -0.05) is 24.3 Å². The van der Waals surface area contributed by atoms with Gasteiger partial charge in [0.2, 0.25) is 0 Å². The molecular formula is C17H19FO. The minimum atomic E-state index is -0.672. The van der Waals surface area contributed by atoms with Gasteiger partial charge < -0.3 is 5.11 Å². The molecule has 0 heterocycles. The van der Waals surface area contributed by atoms with Crippen LogP contribution in [0.2, 0.25) is 0 Å². The first-order valence-corrected chi connectivity index (χ1v) is 6.47. The fraction of sp³-hybridized carbons (Fsp3) is 0.294. The molecule has 100 valence electrons. The smallest absolute Gasteiger partial charge is 0.123 e. The number of aliphatic hydroxyl groups excluding tert-OH is 1. The fourth-order valence-corrected chi connectivity index (χ4v) is 2.44. The van der Waals surface area contributed by atoms with Crippen LogP contribution >= 0.6 is 0 Å². The Morgan fingerprint density at radius 1 is 1.05 bits per heavy atom. The van der Waals surface area contributed by atoms with Crippen molar-refractivity contribution in [3.8, 4) is 0 Å². The number of aliphatic hydroxyl groups is 1. The van der Waals surface area contributed by atoms with Crippen molar-refractivity contribution < 1.29 is 9.50 Å². The van der Waals surface area contributed by atoms with Crippen LogP contribution in [0.25, 0.3) is 0 Å². The van der Waals surface area contributed by atoms with E-state index in [-0.39, 0.29) is 5.82 Å². The van der Waals surface area contributed by atoms with Crippen LogP contribution in [0.1, 0.15) is 33.9 Å². The van der Waals surface area contributed by atoms with Crippen LogP contribution in [0.15, 0.2) is 36.4 Å². The summed E-state index contributed by atoms with van der Waals surface area (Å²) in [5.74, 6) is -0.296. The van der Waals surface area contributed by atoms with Crippen molar-refractivity contribution in [2.75, 3.05) is 0 Å². The van der Waals surface area contributed by atoms with Crippen molar-refractivity contribution in [3.05, 3.63) is 70.0 Å². The second kappa shape index (κ2) is 5.54. The van der Waals surface area contributed by atoms with Crippen molar-refractivity contribution in [2.24, 2.45) is 0 Å². The summed E-state index contributed by atoms with van der Waals surface area (Å²) in [5, 5.41) is 10.3. The van der Waals surface area contributed by atoms with Crippen LogP contribution in [-0.2, 0) is 6.42 Å². The first-order valence-electron chi connectivity index (χ1n) is 6.47. The standard InChI is InChI=1S/C17H19FO/c1-11-7-14(9-15(18)8-11)17(19)10-16-12(2)5-4-6-13(16)3/h4-9,17,19H,10H2,1-3H3. The number of aryl methyl sites for hydroxylation is 3. The minimum absolute atomic E-state index is 0.296. The van der Waals surface area contributed by atoms with E-state index in [1.165, 1.54) is 12.1 Å². The summed E-state index contributed by atoms with van der Waals surface area (Å²) in [4.78, 5) is 0. The highest BCUT2D eigenvalue weighted by Gasteiger charge is 2.13. The summed E-state index contributed by atoms with van der Waals surface area (Å²) >= 11 is 0. The number of hydrogen-bond acceptors (Lipinski definition) is 1. The Morgan fingerprint density at radius 3 is 2.26 bits per heavy atom. The highest BCUT2D eigenvalue weighted by molar-refractivity contribution is 5.35. The van der Waals surface area contributed by atoms with E-state index in [0.717, 1.165) is 22.3 Å². The molecule has 2 rings (SSSR count). The van der Waals surface area contributed by atoms with Crippen molar-refractivity contribution in [3.63, 3.8) is 0 Å². The maximum Gasteiger partial charge on any atom is 0.123 e. The maximum atomic E-state index is 13.4. The third-order valence-corrected chi connectivity index (χ3v) is 3.49. The summed E-state index contributed by atoms with van der Waals surface area (Å²) in [7, 11) is 0. The Labute approximate surface area is 113 Å². The molecule has 2 heteroatoms. The number of hydrogen-bond donors (Lipinski definition) is 1. The summed E-state index contributed by atoms with van der Waals surface area (Å²) in [5.41, 5.74) is 4.92. The highest BCUT2D eigenvalue weighted by Crippen LogP contribution is 2.24. The molecule has 1 nitrogen and oxygen atoms in total. The highest BCUT2D eigenvalue weighted by atomic mass is 19.1. The Bertz CT molecular complexity index is 549. The predicted molar refractivity (Wildman–Crippen MR) is 75.7 cm³/mol. The van der Waals surface area contributed by atoms with Gasteiger partial charge in [0.15, 0.2) is 0 Å². The van der Waals surface area contributed by atoms with E-state index in [1.54, 1.807) is 0 Å². The van der Waals surface area contributed by atoms with Crippen molar-refractivity contribution in [1.29, 1.82) is 0 Å². The molecule has 0 aliphatic rings. The van der Waals surface area contributed by atoms with Gasteiger partial charge in [-0.3, -0.25) is 0 Å². The molecule has 1 N–H and O–H groups in total. The zero-order chi connectivity index (χ0) is 14.0. The minimum Gasteiger partial charge on any atom is -0.388 e. The molecule has 0 bridgehead atoms. The summed E-state index contributed by atoms with van der Waals surface area (Å²) in [6.45, 7) is 5.90. The lowest BCUT2D eigenvalue weighted by Crippen LogP contribution is -2.05.